The number of nitrogens with one attached hydrogen (secondary N) is 1. The van der Waals surface area contributed by atoms with E-state index in [1.165, 1.54) is 17.3 Å². The summed E-state index contributed by atoms with van der Waals surface area (Å²) in [5, 5.41) is 6.47. The molecule has 0 saturated carbocycles. The molecule has 0 aliphatic heterocycles. The second-order valence-electron chi connectivity index (χ2n) is 4.97. The molecular weight excluding hydrogens is 308 g/mol. The lowest BCUT2D eigenvalue weighted by molar-refractivity contribution is -0.125. The Labute approximate surface area is 140 Å². The van der Waals surface area contributed by atoms with Gasteiger partial charge in [0, 0.05) is 13.1 Å². The average Bonchev–Trinajstić information content (AvgIpc) is 3.10. The van der Waals surface area contributed by atoms with Crippen LogP contribution >= 0.6 is 0 Å². The quantitative estimate of drug-likeness (QED) is 0.592. The van der Waals surface area contributed by atoms with Crippen molar-refractivity contribution in [2.45, 2.75) is 6.54 Å². The van der Waals surface area contributed by atoms with Crippen LogP contribution in [-0.2, 0) is 11.3 Å². The summed E-state index contributed by atoms with van der Waals surface area (Å²) >= 11 is 0. The maximum Gasteiger partial charge on any atom is 0.246 e. The fraction of sp³-hybridized carbons (Fsp3) is 0.235. The number of hydrogen-bond acceptors (Lipinski definition) is 5. The van der Waals surface area contributed by atoms with E-state index >= 15 is 0 Å². The van der Waals surface area contributed by atoms with E-state index in [9.17, 15) is 4.79 Å². The average molecular weight is 328 g/mol. The lowest BCUT2D eigenvalue weighted by Gasteiger charge is -2.13. The molecule has 0 atom stereocenters. The molecule has 1 heterocycles. The van der Waals surface area contributed by atoms with Gasteiger partial charge in [0.15, 0.2) is 11.5 Å². The molecule has 1 amide bonds. The summed E-state index contributed by atoms with van der Waals surface area (Å²) in [6.45, 7) is 4.37. The highest BCUT2D eigenvalue weighted by Crippen LogP contribution is 2.28. The van der Waals surface area contributed by atoms with Crippen LogP contribution in [0.25, 0.3) is 6.08 Å². The predicted molar refractivity (Wildman–Crippen MR) is 90.6 cm³/mol. The zero-order valence-electron chi connectivity index (χ0n) is 13.7. The van der Waals surface area contributed by atoms with Crippen LogP contribution in [0.5, 0.6) is 11.5 Å². The Bertz CT molecular complexity index is 711. The van der Waals surface area contributed by atoms with Crippen LogP contribution < -0.4 is 9.47 Å². The number of aromatic nitrogens is 3. The summed E-state index contributed by atoms with van der Waals surface area (Å²) in [5.41, 5.74) is 0.833. The Morgan fingerprint density at radius 1 is 1.42 bits per heavy atom. The van der Waals surface area contributed by atoms with Gasteiger partial charge in [0.2, 0.25) is 5.91 Å². The topological polar surface area (TPSA) is 80.3 Å². The zero-order valence-corrected chi connectivity index (χ0v) is 13.7. The number of benzene rings is 1. The van der Waals surface area contributed by atoms with E-state index in [0.29, 0.717) is 30.5 Å². The van der Waals surface area contributed by atoms with Crippen LogP contribution in [0.1, 0.15) is 11.4 Å². The minimum atomic E-state index is -0.141. The number of hydrogen-bond donors (Lipinski definition) is 1. The molecule has 2 rings (SSSR count). The van der Waals surface area contributed by atoms with Gasteiger partial charge in [0.05, 0.1) is 13.7 Å². The van der Waals surface area contributed by atoms with Gasteiger partial charge in [-0.3, -0.25) is 9.89 Å². The van der Waals surface area contributed by atoms with E-state index in [-0.39, 0.29) is 5.91 Å². The zero-order chi connectivity index (χ0) is 17.4. The molecule has 0 fully saturated rings. The number of amides is 1. The van der Waals surface area contributed by atoms with E-state index in [0.717, 1.165) is 5.56 Å². The Hall–Kier alpha value is -3.09. The molecule has 1 aromatic heterocycles. The molecule has 0 unspecified atom stereocenters. The molecule has 24 heavy (non-hydrogen) atoms. The fourth-order valence-corrected chi connectivity index (χ4v) is 1.96. The maximum absolute atomic E-state index is 12.1. The van der Waals surface area contributed by atoms with Crippen LogP contribution in [0.2, 0.25) is 0 Å². The molecule has 7 nitrogen and oxygen atoms in total. The third-order valence-electron chi connectivity index (χ3n) is 3.19. The first kappa shape index (κ1) is 17.3. The van der Waals surface area contributed by atoms with Crippen molar-refractivity contribution in [1.29, 1.82) is 0 Å². The first-order valence-corrected chi connectivity index (χ1v) is 7.33. The minimum absolute atomic E-state index is 0.141. The molecule has 0 aliphatic rings. The SMILES string of the molecule is C=CCOc1ccc(/C=C/C(=O)N(C)Cc2ncn[nH]2)cc1OC. The van der Waals surface area contributed by atoms with Gasteiger partial charge < -0.3 is 14.4 Å². The summed E-state index contributed by atoms with van der Waals surface area (Å²) in [5.74, 6) is 1.71. The first-order valence-electron chi connectivity index (χ1n) is 7.33. The number of carbonyl (C=O) groups is 1. The molecule has 0 spiro atoms. The highest BCUT2D eigenvalue weighted by atomic mass is 16.5. The number of rotatable bonds is 8. The molecule has 7 heteroatoms. The van der Waals surface area contributed by atoms with Crippen LogP contribution in [0.15, 0.2) is 43.3 Å². The normalized spacial score (nSPS) is 10.6. The van der Waals surface area contributed by atoms with Gasteiger partial charge in [-0.2, -0.15) is 5.10 Å². The number of methoxy groups -OCH3 is 1. The number of carbonyl (C=O) groups excluding carboxylic acids is 1. The van der Waals surface area contributed by atoms with Crippen molar-refractivity contribution in [3.63, 3.8) is 0 Å². The minimum Gasteiger partial charge on any atom is -0.493 e. The van der Waals surface area contributed by atoms with Gasteiger partial charge in [-0.1, -0.05) is 18.7 Å². The molecule has 1 N–H and O–H groups in total. The number of ether oxygens (including phenoxy) is 2. The largest absolute Gasteiger partial charge is 0.493 e. The summed E-state index contributed by atoms with van der Waals surface area (Å²) in [7, 11) is 3.27. The van der Waals surface area contributed by atoms with Crippen molar-refractivity contribution in [3.8, 4) is 11.5 Å². The number of nitrogens with zero attached hydrogens (tertiary/aromatic N) is 3. The molecule has 0 aliphatic carbocycles. The van der Waals surface area contributed by atoms with Crippen LogP contribution in [-0.4, -0.2) is 46.8 Å². The van der Waals surface area contributed by atoms with E-state index in [1.807, 2.05) is 6.07 Å². The van der Waals surface area contributed by atoms with E-state index in [4.69, 9.17) is 9.47 Å². The van der Waals surface area contributed by atoms with Crippen molar-refractivity contribution in [2.24, 2.45) is 0 Å². The van der Waals surface area contributed by atoms with Gasteiger partial charge in [-0.05, 0) is 23.8 Å². The molecule has 0 saturated heterocycles. The first-order chi connectivity index (χ1) is 11.6. The van der Waals surface area contributed by atoms with Crippen LogP contribution in [0.4, 0.5) is 0 Å². The van der Waals surface area contributed by atoms with Crippen molar-refractivity contribution < 1.29 is 14.3 Å². The lowest BCUT2D eigenvalue weighted by Crippen LogP contribution is -2.24. The smallest absolute Gasteiger partial charge is 0.246 e. The highest BCUT2D eigenvalue weighted by molar-refractivity contribution is 5.91. The monoisotopic (exact) mass is 328 g/mol. The molecule has 0 radical (unpaired) electrons. The third-order valence-corrected chi connectivity index (χ3v) is 3.19. The van der Waals surface area contributed by atoms with Gasteiger partial charge >= 0.3 is 0 Å². The van der Waals surface area contributed by atoms with Gasteiger partial charge in [0.25, 0.3) is 0 Å². The van der Waals surface area contributed by atoms with E-state index < -0.39 is 0 Å². The summed E-state index contributed by atoms with van der Waals surface area (Å²) < 4.78 is 10.8. The lowest BCUT2D eigenvalue weighted by atomic mass is 10.2. The van der Waals surface area contributed by atoms with Crippen molar-refractivity contribution in [1.82, 2.24) is 20.1 Å². The van der Waals surface area contributed by atoms with Crippen molar-refractivity contribution in [2.75, 3.05) is 20.8 Å². The van der Waals surface area contributed by atoms with Gasteiger partial charge in [0.1, 0.15) is 18.8 Å². The fourth-order valence-electron chi connectivity index (χ4n) is 1.96. The van der Waals surface area contributed by atoms with Gasteiger partial charge in [-0.15, -0.1) is 0 Å². The highest BCUT2D eigenvalue weighted by Gasteiger charge is 2.08. The Morgan fingerprint density at radius 2 is 2.25 bits per heavy atom. The standard InChI is InChI=1S/C17H20N4O3/c1-4-9-24-14-7-5-13(10-15(14)23-3)6-8-17(22)21(2)11-16-18-12-19-20-16/h4-8,10,12H,1,9,11H2,2-3H3,(H,18,19,20)/b8-6+. The number of likely N-dealkylation sites (N-methyl/N-ethyl adjacent to an activating group) is 1. The third kappa shape index (κ3) is 4.70. The van der Waals surface area contributed by atoms with E-state index in [1.54, 1.807) is 38.4 Å². The molecule has 126 valence electrons. The molecule has 0 bridgehead atoms. The summed E-state index contributed by atoms with van der Waals surface area (Å²) in [6, 6.07) is 5.45. The Morgan fingerprint density at radius 3 is 2.92 bits per heavy atom. The van der Waals surface area contributed by atoms with Crippen molar-refractivity contribution >= 4 is 12.0 Å². The molecular formula is C17H20N4O3. The number of H-pyrrole nitrogens is 1. The number of aromatic amines is 1. The van der Waals surface area contributed by atoms with Crippen molar-refractivity contribution in [3.05, 3.63) is 54.6 Å². The maximum atomic E-state index is 12.1. The molecule has 1 aromatic carbocycles. The Balaban J connectivity index is 2.02. The van der Waals surface area contributed by atoms with Gasteiger partial charge in [-0.25, -0.2) is 4.98 Å². The molecule has 2 aromatic rings. The Kier molecular flexibility index (Phi) is 6.13. The summed E-state index contributed by atoms with van der Waals surface area (Å²) in [4.78, 5) is 17.6. The second-order valence-corrected chi connectivity index (χ2v) is 4.97. The van der Waals surface area contributed by atoms with Crippen LogP contribution in [0.3, 0.4) is 0 Å². The predicted octanol–water partition coefficient (Wildman–Crippen LogP) is 2.05. The summed E-state index contributed by atoms with van der Waals surface area (Å²) in [6.07, 6.45) is 6.29. The van der Waals surface area contributed by atoms with E-state index in [2.05, 4.69) is 21.8 Å². The van der Waals surface area contributed by atoms with Crippen LogP contribution in [0, 0.1) is 0 Å². The second kappa shape index (κ2) is 8.52.